The first-order valence-electron chi connectivity index (χ1n) is 8.97. The number of ether oxygens (including phenoxy) is 1. The summed E-state index contributed by atoms with van der Waals surface area (Å²) in [5.41, 5.74) is 1.82. The van der Waals surface area contributed by atoms with E-state index < -0.39 is 36.7 Å². The van der Waals surface area contributed by atoms with E-state index in [-0.39, 0.29) is 5.56 Å². The molecule has 3 rings (SSSR count). The minimum absolute atomic E-state index is 0.261. The molecule has 0 fully saturated rings. The number of nitrogens with one attached hydrogen (secondary N) is 1. The molecular weight excluding hydrogens is 360 g/mol. The van der Waals surface area contributed by atoms with Gasteiger partial charge in [-0.1, -0.05) is 42.5 Å². The standard InChI is InChI=1S/C21H20N2O5/c24-18(22-12-6-9-15-7-2-1-3-8-15)14-28-19(25)13-23-17-11-5-4-10-16(17)20(26)21(23)27/h1-5,7-8,10-11H,6,9,12-14H2,(H,22,24). The Balaban J connectivity index is 1.39. The van der Waals surface area contributed by atoms with Crippen molar-refractivity contribution >= 4 is 29.3 Å². The largest absolute Gasteiger partial charge is 0.454 e. The molecule has 144 valence electrons. The first kappa shape index (κ1) is 19.3. The Hall–Kier alpha value is -3.48. The molecule has 0 spiro atoms. The van der Waals surface area contributed by atoms with E-state index in [1.807, 2.05) is 30.3 Å². The van der Waals surface area contributed by atoms with Gasteiger partial charge in [-0.15, -0.1) is 0 Å². The Morgan fingerprint density at radius 1 is 0.964 bits per heavy atom. The zero-order valence-electron chi connectivity index (χ0n) is 15.2. The number of nitrogens with zero attached hydrogens (tertiary/aromatic N) is 1. The number of benzene rings is 2. The van der Waals surface area contributed by atoms with Gasteiger partial charge in [-0.2, -0.15) is 0 Å². The predicted molar refractivity (Wildman–Crippen MR) is 102 cm³/mol. The van der Waals surface area contributed by atoms with Gasteiger partial charge < -0.3 is 10.1 Å². The van der Waals surface area contributed by atoms with Crippen molar-refractivity contribution in [3.63, 3.8) is 0 Å². The molecule has 7 heteroatoms. The quantitative estimate of drug-likeness (QED) is 0.426. The third-order valence-corrected chi connectivity index (χ3v) is 4.34. The molecular formula is C21H20N2O5. The highest BCUT2D eigenvalue weighted by Crippen LogP contribution is 2.28. The average Bonchev–Trinajstić information content (AvgIpc) is 2.95. The molecule has 2 aromatic carbocycles. The molecule has 1 N–H and O–H groups in total. The number of esters is 1. The van der Waals surface area contributed by atoms with Crippen molar-refractivity contribution in [2.45, 2.75) is 12.8 Å². The number of anilines is 1. The molecule has 7 nitrogen and oxygen atoms in total. The van der Waals surface area contributed by atoms with Crippen LogP contribution in [0.5, 0.6) is 0 Å². The van der Waals surface area contributed by atoms with Gasteiger partial charge in [0.2, 0.25) is 0 Å². The SMILES string of the molecule is O=C(COC(=O)CN1C(=O)C(=O)c2ccccc21)NCCCc1ccccc1. The molecule has 1 aliphatic heterocycles. The fourth-order valence-corrected chi connectivity index (χ4v) is 2.94. The lowest BCUT2D eigenvalue weighted by atomic mass is 10.1. The van der Waals surface area contributed by atoms with Crippen LogP contribution in [0.4, 0.5) is 5.69 Å². The normalized spacial score (nSPS) is 12.6. The summed E-state index contributed by atoms with van der Waals surface area (Å²) in [7, 11) is 0. The van der Waals surface area contributed by atoms with Gasteiger partial charge in [0.15, 0.2) is 6.61 Å². The molecule has 0 radical (unpaired) electrons. The fraction of sp³-hybridized carbons (Fsp3) is 0.238. The van der Waals surface area contributed by atoms with Crippen LogP contribution in [-0.2, 0) is 25.5 Å². The molecule has 28 heavy (non-hydrogen) atoms. The molecule has 2 aromatic rings. The van der Waals surface area contributed by atoms with Crippen molar-refractivity contribution in [3.05, 3.63) is 65.7 Å². The Morgan fingerprint density at radius 3 is 2.46 bits per heavy atom. The van der Waals surface area contributed by atoms with E-state index in [9.17, 15) is 19.2 Å². The monoisotopic (exact) mass is 380 g/mol. The maximum atomic E-state index is 12.0. The minimum Gasteiger partial charge on any atom is -0.454 e. The van der Waals surface area contributed by atoms with Gasteiger partial charge in [0.1, 0.15) is 6.54 Å². The highest BCUT2D eigenvalue weighted by atomic mass is 16.5. The van der Waals surface area contributed by atoms with E-state index in [0.717, 1.165) is 17.7 Å². The maximum Gasteiger partial charge on any atom is 0.326 e. The lowest BCUT2D eigenvalue weighted by Gasteiger charge is -2.15. The summed E-state index contributed by atoms with van der Waals surface area (Å²) in [6.45, 7) is -0.373. The molecule has 1 aliphatic rings. The smallest absolute Gasteiger partial charge is 0.326 e. The molecule has 0 atom stereocenters. The van der Waals surface area contributed by atoms with Gasteiger partial charge in [0, 0.05) is 6.54 Å². The number of ketones is 1. The molecule has 0 aromatic heterocycles. The molecule has 2 amide bonds. The lowest BCUT2D eigenvalue weighted by molar-refractivity contribution is -0.147. The third-order valence-electron chi connectivity index (χ3n) is 4.34. The number of carbonyl (C=O) groups excluding carboxylic acids is 4. The molecule has 0 saturated carbocycles. The van der Waals surface area contributed by atoms with Crippen LogP contribution in [0, 0.1) is 0 Å². The number of Topliss-reactive ketones (excluding diaryl/α,β-unsaturated/α-hetero) is 1. The van der Waals surface area contributed by atoms with E-state index in [4.69, 9.17) is 4.74 Å². The van der Waals surface area contributed by atoms with Crippen LogP contribution in [0.3, 0.4) is 0 Å². The average molecular weight is 380 g/mol. The Kier molecular flexibility index (Phi) is 6.16. The van der Waals surface area contributed by atoms with Gasteiger partial charge in [-0.05, 0) is 30.5 Å². The van der Waals surface area contributed by atoms with Crippen LogP contribution >= 0.6 is 0 Å². The van der Waals surface area contributed by atoms with E-state index in [0.29, 0.717) is 12.2 Å². The molecule has 0 saturated heterocycles. The highest BCUT2D eigenvalue weighted by molar-refractivity contribution is 6.52. The van der Waals surface area contributed by atoms with E-state index >= 15 is 0 Å². The summed E-state index contributed by atoms with van der Waals surface area (Å²) < 4.78 is 4.92. The summed E-state index contributed by atoms with van der Waals surface area (Å²) in [5.74, 6) is -2.59. The van der Waals surface area contributed by atoms with Crippen LogP contribution in [0.15, 0.2) is 54.6 Å². The van der Waals surface area contributed by atoms with Crippen LogP contribution in [0.2, 0.25) is 0 Å². The van der Waals surface area contributed by atoms with Gasteiger partial charge in [-0.3, -0.25) is 24.1 Å². The van der Waals surface area contributed by atoms with Gasteiger partial charge >= 0.3 is 5.97 Å². The first-order valence-corrected chi connectivity index (χ1v) is 8.97. The summed E-state index contributed by atoms with van der Waals surface area (Å²) in [5, 5.41) is 2.68. The number of hydrogen-bond acceptors (Lipinski definition) is 5. The van der Waals surface area contributed by atoms with Crippen molar-refractivity contribution < 1.29 is 23.9 Å². The van der Waals surface area contributed by atoms with Gasteiger partial charge in [0.25, 0.3) is 17.6 Å². The zero-order chi connectivity index (χ0) is 19.9. The second-order valence-corrected chi connectivity index (χ2v) is 6.34. The molecule has 0 aliphatic carbocycles. The fourth-order valence-electron chi connectivity index (χ4n) is 2.94. The van der Waals surface area contributed by atoms with Crippen LogP contribution in [0.1, 0.15) is 22.3 Å². The van der Waals surface area contributed by atoms with Gasteiger partial charge in [-0.25, -0.2) is 0 Å². The number of rotatable bonds is 8. The summed E-state index contributed by atoms with van der Waals surface area (Å²) in [4.78, 5) is 48.7. The molecule has 1 heterocycles. The number of aryl methyl sites for hydroxylation is 1. The number of para-hydroxylation sites is 1. The number of amides is 2. The highest BCUT2D eigenvalue weighted by Gasteiger charge is 2.36. The van der Waals surface area contributed by atoms with Crippen molar-refractivity contribution in [1.82, 2.24) is 5.32 Å². The second-order valence-electron chi connectivity index (χ2n) is 6.34. The molecule has 0 unspecified atom stereocenters. The summed E-state index contributed by atoms with van der Waals surface area (Å²) in [6, 6.07) is 16.4. The minimum atomic E-state index is -0.775. The number of hydrogen-bond donors (Lipinski definition) is 1. The van der Waals surface area contributed by atoms with Crippen molar-refractivity contribution in [2.75, 3.05) is 24.6 Å². The summed E-state index contributed by atoms with van der Waals surface area (Å²) >= 11 is 0. The van der Waals surface area contributed by atoms with Gasteiger partial charge in [0.05, 0.1) is 11.3 Å². The zero-order valence-corrected chi connectivity index (χ0v) is 15.2. The Labute approximate surface area is 162 Å². The predicted octanol–water partition coefficient (Wildman–Crippen LogP) is 1.51. The molecule has 0 bridgehead atoms. The topological polar surface area (TPSA) is 92.8 Å². The van der Waals surface area contributed by atoms with E-state index in [2.05, 4.69) is 5.32 Å². The van der Waals surface area contributed by atoms with E-state index in [1.165, 1.54) is 11.6 Å². The number of carbonyl (C=O) groups is 4. The van der Waals surface area contributed by atoms with Crippen molar-refractivity contribution in [2.24, 2.45) is 0 Å². The van der Waals surface area contributed by atoms with Crippen LogP contribution < -0.4 is 10.2 Å². The van der Waals surface area contributed by atoms with Crippen molar-refractivity contribution in [1.29, 1.82) is 0 Å². The number of fused-ring (bicyclic) bond motifs is 1. The Morgan fingerprint density at radius 2 is 1.68 bits per heavy atom. The maximum absolute atomic E-state index is 12.0. The summed E-state index contributed by atoms with van der Waals surface area (Å²) in [6.07, 6.45) is 1.61. The van der Waals surface area contributed by atoms with Crippen LogP contribution in [-0.4, -0.2) is 43.3 Å². The Bertz CT molecular complexity index is 895. The lowest BCUT2D eigenvalue weighted by Crippen LogP contribution is -2.37. The first-order chi connectivity index (χ1) is 13.6. The van der Waals surface area contributed by atoms with Crippen LogP contribution in [0.25, 0.3) is 0 Å². The van der Waals surface area contributed by atoms with Crippen molar-refractivity contribution in [3.8, 4) is 0 Å². The second kappa shape index (κ2) is 8.94. The third kappa shape index (κ3) is 4.62. The van der Waals surface area contributed by atoms with E-state index in [1.54, 1.807) is 18.2 Å².